The number of likely N-dealkylation sites (tertiary alicyclic amines) is 1. The largest absolute Gasteiger partial charge is 0.481 e. The Morgan fingerprint density at radius 3 is 2.51 bits per heavy atom. The number of para-hydroxylation sites is 2. The number of halogens is 1. The third kappa shape index (κ3) is 5.81. The molecule has 2 aromatic heterocycles. The number of imidazole rings is 1. The predicted octanol–water partition coefficient (Wildman–Crippen LogP) is 4.92. The fourth-order valence-corrected chi connectivity index (χ4v) is 6.66. The van der Waals surface area contributed by atoms with Crippen LogP contribution in [0.25, 0.3) is 22.3 Å². The highest BCUT2D eigenvalue weighted by molar-refractivity contribution is 9.10. The highest BCUT2D eigenvalue weighted by Crippen LogP contribution is 2.32. The number of nitrogens with zero attached hydrogens (tertiary/aromatic N) is 6. The zero-order valence-electron chi connectivity index (χ0n) is 23.3. The van der Waals surface area contributed by atoms with E-state index in [0.717, 1.165) is 85.2 Å². The van der Waals surface area contributed by atoms with Crippen molar-refractivity contribution in [2.24, 2.45) is 0 Å². The van der Waals surface area contributed by atoms with Crippen molar-refractivity contribution in [2.75, 3.05) is 26.2 Å². The van der Waals surface area contributed by atoms with Gasteiger partial charge in [-0.2, -0.15) is 5.10 Å². The van der Waals surface area contributed by atoms with Gasteiger partial charge in [0.15, 0.2) is 0 Å². The summed E-state index contributed by atoms with van der Waals surface area (Å²) in [6.07, 6.45) is 3.70. The first-order valence-corrected chi connectivity index (χ1v) is 15.2. The van der Waals surface area contributed by atoms with Crippen molar-refractivity contribution in [1.29, 1.82) is 0 Å². The summed E-state index contributed by atoms with van der Waals surface area (Å²) >= 11 is 3.53. The number of rotatable bonds is 8. The Morgan fingerprint density at radius 1 is 1.02 bits per heavy atom. The molecule has 214 valence electrons. The van der Waals surface area contributed by atoms with Crippen molar-refractivity contribution in [3.63, 3.8) is 0 Å². The summed E-state index contributed by atoms with van der Waals surface area (Å²) in [7, 11) is 0. The normalized spacial score (nSPS) is 16.3. The number of carbonyl (C=O) groups is 2. The smallest absolute Gasteiger partial charge is 0.311 e. The van der Waals surface area contributed by atoms with E-state index in [9.17, 15) is 14.7 Å². The molecule has 0 aliphatic carbocycles. The first-order chi connectivity index (χ1) is 19.9. The van der Waals surface area contributed by atoms with E-state index in [1.54, 1.807) is 6.92 Å². The minimum absolute atomic E-state index is 0.0600. The van der Waals surface area contributed by atoms with Gasteiger partial charge in [0.2, 0.25) is 5.91 Å². The van der Waals surface area contributed by atoms with Gasteiger partial charge in [-0.15, -0.1) is 0 Å². The first kappa shape index (κ1) is 27.7. The molecule has 1 saturated heterocycles. The number of benzene rings is 2. The fourth-order valence-electron chi connectivity index (χ4n) is 6.39. The van der Waals surface area contributed by atoms with E-state index in [2.05, 4.69) is 47.2 Å². The summed E-state index contributed by atoms with van der Waals surface area (Å²) in [5.41, 5.74) is 6.35. The number of aromatic nitrogens is 4. The summed E-state index contributed by atoms with van der Waals surface area (Å²) in [4.78, 5) is 32.7. The maximum atomic E-state index is 12.1. The molecule has 2 aliphatic heterocycles. The van der Waals surface area contributed by atoms with Crippen LogP contribution in [0.15, 0.2) is 53.0 Å². The van der Waals surface area contributed by atoms with Gasteiger partial charge in [0.25, 0.3) is 0 Å². The Bertz CT molecular complexity index is 1570. The molecule has 0 radical (unpaired) electrons. The van der Waals surface area contributed by atoms with Crippen LogP contribution in [0.4, 0.5) is 0 Å². The van der Waals surface area contributed by atoms with Gasteiger partial charge in [-0.1, -0.05) is 40.2 Å². The van der Waals surface area contributed by atoms with E-state index < -0.39 is 5.97 Å². The molecule has 0 saturated carbocycles. The minimum atomic E-state index is -0.850. The van der Waals surface area contributed by atoms with E-state index in [4.69, 9.17) is 5.10 Å². The molecule has 1 N–H and O–H groups in total. The van der Waals surface area contributed by atoms with Crippen LogP contribution in [0.1, 0.15) is 49.3 Å². The molecule has 0 atom stereocenters. The summed E-state index contributed by atoms with van der Waals surface area (Å²) in [6.45, 7) is 6.75. The Kier molecular flexibility index (Phi) is 7.94. The molecule has 1 fully saturated rings. The minimum Gasteiger partial charge on any atom is -0.481 e. The lowest BCUT2D eigenvalue weighted by atomic mass is 10.0. The zero-order chi connectivity index (χ0) is 28.5. The van der Waals surface area contributed by atoms with Crippen LogP contribution in [-0.4, -0.2) is 72.3 Å². The summed E-state index contributed by atoms with van der Waals surface area (Å²) in [5.74, 6) is -0.102. The van der Waals surface area contributed by atoms with Crippen LogP contribution >= 0.6 is 15.9 Å². The van der Waals surface area contributed by atoms with Gasteiger partial charge in [0, 0.05) is 73.4 Å². The molecular weight excluding hydrogens is 584 g/mol. The molecular formula is C31H35BrN6O3. The van der Waals surface area contributed by atoms with E-state index >= 15 is 0 Å². The van der Waals surface area contributed by atoms with Crippen LogP contribution < -0.4 is 0 Å². The number of carbonyl (C=O) groups excluding carboxylic acids is 1. The molecule has 0 spiro atoms. The number of hydrogen-bond acceptors (Lipinski definition) is 5. The molecule has 41 heavy (non-hydrogen) atoms. The van der Waals surface area contributed by atoms with Crippen LogP contribution in [0.5, 0.6) is 0 Å². The summed E-state index contributed by atoms with van der Waals surface area (Å²) in [6, 6.07) is 16.4. The monoisotopic (exact) mass is 618 g/mol. The van der Waals surface area contributed by atoms with E-state index in [1.165, 1.54) is 11.3 Å². The number of aliphatic carboxylic acids is 1. The van der Waals surface area contributed by atoms with Gasteiger partial charge in [-0.25, -0.2) is 4.98 Å². The molecule has 6 rings (SSSR count). The molecule has 9 nitrogen and oxygen atoms in total. The Morgan fingerprint density at radius 2 is 1.78 bits per heavy atom. The maximum absolute atomic E-state index is 12.1. The van der Waals surface area contributed by atoms with Crippen molar-refractivity contribution in [1.82, 2.24) is 29.1 Å². The van der Waals surface area contributed by atoms with Crippen LogP contribution in [-0.2, 0) is 35.5 Å². The molecule has 2 aromatic carbocycles. The second-order valence-electron chi connectivity index (χ2n) is 11.1. The molecule has 0 bridgehead atoms. The highest BCUT2D eigenvalue weighted by Gasteiger charge is 2.28. The topological polar surface area (TPSA) is 96.5 Å². The van der Waals surface area contributed by atoms with Crippen molar-refractivity contribution in [3.8, 4) is 11.3 Å². The van der Waals surface area contributed by atoms with E-state index in [-0.39, 0.29) is 18.4 Å². The Balaban J connectivity index is 1.12. The summed E-state index contributed by atoms with van der Waals surface area (Å²) < 4.78 is 5.38. The molecule has 4 heterocycles. The average Bonchev–Trinajstić information content (AvgIpc) is 3.51. The number of aryl methyl sites for hydroxylation is 1. The fraction of sp³-hybridized carbons (Fsp3) is 0.419. The standard InChI is InChI=1S/C31H35BrN6O3/c1-21(39)36-18-13-27-25(20-36)31(22-7-9-23(32)10-8-22)34-37(27)15-4-14-35-16-11-24(12-17-35)38-28-6-3-2-5-26(28)33-29(38)19-30(40)41/h2-3,5-10,24H,4,11-20H2,1H3,(H,40,41). The molecule has 10 heteroatoms. The van der Waals surface area contributed by atoms with Crippen LogP contribution in [0, 0.1) is 0 Å². The quantitative estimate of drug-likeness (QED) is 0.301. The first-order valence-electron chi connectivity index (χ1n) is 14.4. The van der Waals surface area contributed by atoms with Gasteiger partial charge >= 0.3 is 5.97 Å². The van der Waals surface area contributed by atoms with Crippen molar-refractivity contribution in [3.05, 3.63) is 70.1 Å². The Hall–Kier alpha value is -3.50. The summed E-state index contributed by atoms with van der Waals surface area (Å²) in [5, 5.41) is 14.5. The number of amides is 1. The van der Waals surface area contributed by atoms with E-state index in [1.807, 2.05) is 41.3 Å². The maximum Gasteiger partial charge on any atom is 0.311 e. The molecule has 0 unspecified atom stereocenters. The SMILES string of the molecule is CC(=O)N1CCc2c(c(-c3ccc(Br)cc3)nn2CCCN2CCC(n3c(CC(=O)O)nc4ccccc43)CC2)C1. The van der Waals surface area contributed by atoms with E-state index in [0.29, 0.717) is 12.4 Å². The van der Waals surface area contributed by atoms with Gasteiger partial charge < -0.3 is 19.5 Å². The lowest BCUT2D eigenvalue weighted by Crippen LogP contribution is -2.36. The third-order valence-corrected chi connectivity index (χ3v) is 8.97. The highest BCUT2D eigenvalue weighted by atomic mass is 79.9. The number of hydrogen-bond donors (Lipinski definition) is 1. The molecule has 4 aromatic rings. The van der Waals surface area contributed by atoms with Crippen molar-refractivity contribution >= 4 is 38.8 Å². The van der Waals surface area contributed by atoms with Gasteiger partial charge in [-0.3, -0.25) is 14.3 Å². The van der Waals surface area contributed by atoms with Gasteiger partial charge in [-0.05, 0) is 50.1 Å². The second kappa shape index (κ2) is 11.8. The van der Waals surface area contributed by atoms with Crippen LogP contribution in [0.3, 0.4) is 0 Å². The van der Waals surface area contributed by atoms with Gasteiger partial charge in [0.1, 0.15) is 12.2 Å². The average molecular weight is 620 g/mol. The lowest BCUT2D eigenvalue weighted by Gasteiger charge is -2.33. The number of carboxylic acid groups (broad SMARTS) is 1. The van der Waals surface area contributed by atoms with Crippen molar-refractivity contribution < 1.29 is 14.7 Å². The number of fused-ring (bicyclic) bond motifs is 2. The Labute approximate surface area is 247 Å². The zero-order valence-corrected chi connectivity index (χ0v) is 24.9. The number of carboxylic acids is 1. The van der Waals surface area contributed by atoms with Crippen molar-refractivity contribution in [2.45, 2.75) is 58.2 Å². The van der Waals surface area contributed by atoms with Crippen LogP contribution in [0.2, 0.25) is 0 Å². The second-order valence-corrected chi connectivity index (χ2v) is 12.0. The number of piperidine rings is 1. The van der Waals surface area contributed by atoms with Gasteiger partial charge in [0.05, 0.1) is 16.7 Å². The molecule has 1 amide bonds. The third-order valence-electron chi connectivity index (χ3n) is 8.44. The lowest BCUT2D eigenvalue weighted by molar-refractivity contribution is -0.136. The predicted molar refractivity (Wildman–Crippen MR) is 161 cm³/mol. The molecule has 2 aliphatic rings.